The lowest BCUT2D eigenvalue weighted by Gasteiger charge is -2.35. The Hall–Kier alpha value is -0.650. The fourth-order valence-corrected chi connectivity index (χ4v) is 2.74. The van der Waals surface area contributed by atoms with E-state index in [2.05, 4.69) is 4.90 Å². The van der Waals surface area contributed by atoms with E-state index in [-0.39, 0.29) is 12.7 Å². The van der Waals surface area contributed by atoms with E-state index in [9.17, 15) is 4.79 Å². The number of nitrogens with zero attached hydrogens (tertiary/aromatic N) is 1. The van der Waals surface area contributed by atoms with Gasteiger partial charge >= 0.3 is 5.97 Å². The van der Waals surface area contributed by atoms with Crippen LogP contribution in [0, 0.1) is 5.92 Å². The molecule has 0 saturated carbocycles. The van der Waals surface area contributed by atoms with Crippen LogP contribution in [0.2, 0.25) is 0 Å². The molecule has 2 heterocycles. The highest BCUT2D eigenvalue weighted by atomic mass is 16.5. The zero-order valence-corrected chi connectivity index (χ0v) is 10.8. The summed E-state index contributed by atoms with van der Waals surface area (Å²) >= 11 is 0. The number of carboxylic acids is 1. The Morgan fingerprint density at radius 1 is 1.22 bits per heavy atom. The Kier molecular flexibility index (Phi) is 5.41. The molecule has 2 rings (SSSR count). The van der Waals surface area contributed by atoms with Crippen LogP contribution in [0.25, 0.3) is 0 Å². The van der Waals surface area contributed by atoms with E-state index in [4.69, 9.17) is 14.6 Å². The van der Waals surface area contributed by atoms with E-state index in [0.29, 0.717) is 0 Å². The van der Waals surface area contributed by atoms with Gasteiger partial charge in [-0.05, 0) is 31.6 Å². The third kappa shape index (κ3) is 4.55. The predicted molar refractivity (Wildman–Crippen MR) is 66.6 cm³/mol. The van der Waals surface area contributed by atoms with Crippen LogP contribution in [0.3, 0.4) is 0 Å². The van der Waals surface area contributed by atoms with Crippen LogP contribution in [0.1, 0.15) is 25.7 Å². The number of carboxylic acid groups (broad SMARTS) is 1. The average Bonchev–Trinajstić information content (AvgIpc) is 2.39. The second-order valence-corrected chi connectivity index (χ2v) is 5.26. The molecule has 2 aliphatic rings. The molecule has 0 atom stereocenters. The van der Waals surface area contributed by atoms with Crippen LogP contribution in [-0.2, 0) is 14.3 Å². The van der Waals surface area contributed by atoms with Crippen LogP contribution in [0.5, 0.6) is 0 Å². The molecule has 2 fully saturated rings. The average molecular weight is 257 g/mol. The van der Waals surface area contributed by atoms with Gasteiger partial charge in [0.05, 0.1) is 6.10 Å². The predicted octanol–water partition coefficient (Wildman–Crippen LogP) is 0.979. The van der Waals surface area contributed by atoms with Crippen LogP contribution < -0.4 is 0 Å². The van der Waals surface area contributed by atoms with Gasteiger partial charge < -0.3 is 19.5 Å². The van der Waals surface area contributed by atoms with E-state index in [1.807, 2.05) is 0 Å². The number of ether oxygens (including phenoxy) is 2. The van der Waals surface area contributed by atoms with Crippen molar-refractivity contribution < 1.29 is 19.4 Å². The molecule has 18 heavy (non-hydrogen) atoms. The number of piperidine rings is 1. The van der Waals surface area contributed by atoms with Gasteiger partial charge in [0.2, 0.25) is 0 Å². The second kappa shape index (κ2) is 7.07. The summed E-state index contributed by atoms with van der Waals surface area (Å²) in [5, 5.41) is 8.57. The minimum absolute atomic E-state index is 0.132. The molecule has 2 saturated heterocycles. The van der Waals surface area contributed by atoms with Gasteiger partial charge in [-0.25, -0.2) is 4.79 Å². The lowest BCUT2D eigenvalue weighted by molar-refractivity contribution is -0.145. The van der Waals surface area contributed by atoms with Gasteiger partial charge in [-0.3, -0.25) is 0 Å². The van der Waals surface area contributed by atoms with E-state index in [1.165, 1.54) is 12.8 Å². The molecule has 1 N–H and O–H groups in total. The first-order valence-corrected chi connectivity index (χ1v) is 6.87. The fraction of sp³-hybridized carbons (Fsp3) is 0.923. The summed E-state index contributed by atoms with van der Waals surface area (Å²) in [6.45, 7) is 4.87. The van der Waals surface area contributed by atoms with Gasteiger partial charge in [0.25, 0.3) is 0 Å². The van der Waals surface area contributed by atoms with Gasteiger partial charge in [0, 0.05) is 32.8 Å². The topological polar surface area (TPSA) is 59.0 Å². The van der Waals surface area contributed by atoms with Crippen LogP contribution in [0.4, 0.5) is 0 Å². The van der Waals surface area contributed by atoms with Crippen LogP contribution in [-0.4, -0.2) is 61.5 Å². The van der Waals surface area contributed by atoms with Crippen molar-refractivity contribution in [1.29, 1.82) is 0 Å². The van der Waals surface area contributed by atoms with Gasteiger partial charge in [-0.2, -0.15) is 0 Å². The molecule has 0 unspecified atom stereocenters. The zero-order chi connectivity index (χ0) is 12.8. The van der Waals surface area contributed by atoms with Crippen LogP contribution in [0.15, 0.2) is 0 Å². The summed E-state index contributed by atoms with van der Waals surface area (Å²) in [6.07, 6.45) is 4.39. The standard InChI is InChI=1S/C13H23NO4/c15-13(16)10-18-12-1-5-14(6-2-12)9-11-3-7-17-8-4-11/h11-12H,1-10H2,(H,15,16). The van der Waals surface area contributed by atoms with Crippen molar-refractivity contribution in [3.05, 3.63) is 0 Å². The molecule has 0 aromatic carbocycles. The second-order valence-electron chi connectivity index (χ2n) is 5.26. The van der Waals surface area contributed by atoms with Crippen molar-refractivity contribution in [2.24, 2.45) is 5.92 Å². The third-order valence-electron chi connectivity index (χ3n) is 3.83. The number of rotatable bonds is 5. The number of likely N-dealkylation sites (tertiary alicyclic amines) is 1. The fourth-order valence-electron chi connectivity index (χ4n) is 2.74. The summed E-state index contributed by atoms with van der Waals surface area (Å²) < 4.78 is 10.7. The molecule has 0 bridgehead atoms. The largest absolute Gasteiger partial charge is 0.480 e. The molecule has 0 aromatic heterocycles. The Morgan fingerprint density at radius 3 is 2.50 bits per heavy atom. The highest BCUT2D eigenvalue weighted by Gasteiger charge is 2.23. The molecule has 2 aliphatic heterocycles. The van der Waals surface area contributed by atoms with Crippen molar-refractivity contribution in [2.45, 2.75) is 31.8 Å². The van der Waals surface area contributed by atoms with Gasteiger partial charge in [0.1, 0.15) is 6.61 Å². The van der Waals surface area contributed by atoms with Crippen molar-refractivity contribution in [2.75, 3.05) is 39.5 Å². The maximum Gasteiger partial charge on any atom is 0.329 e. The summed E-state index contributed by atoms with van der Waals surface area (Å²) in [5.74, 6) is -0.102. The Balaban J connectivity index is 1.62. The zero-order valence-electron chi connectivity index (χ0n) is 10.8. The number of hydrogen-bond acceptors (Lipinski definition) is 4. The molecule has 0 amide bonds. The minimum atomic E-state index is -0.875. The van der Waals surface area contributed by atoms with Crippen molar-refractivity contribution in [3.8, 4) is 0 Å². The van der Waals surface area contributed by atoms with Crippen molar-refractivity contribution in [3.63, 3.8) is 0 Å². The van der Waals surface area contributed by atoms with Gasteiger partial charge in [0.15, 0.2) is 0 Å². The van der Waals surface area contributed by atoms with Crippen molar-refractivity contribution in [1.82, 2.24) is 4.90 Å². The number of aliphatic carboxylic acids is 1. The van der Waals surface area contributed by atoms with E-state index in [1.54, 1.807) is 0 Å². The minimum Gasteiger partial charge on any atom is -0.480 e. The molecule has 5 heteroatoms. The first-order chi connectivity index (χ1) is 8.74. The Bertz CT molecular complexity index is 258. The maximum absolute atomic E-state index is 10.4. The molecular formula is C13H23NO4. The lowest BCUT2D eigenvalue weighted by Crippen LogP contribution is -2.41. The molecule has 0 spiro atoms. The Morgan fingerprint density at radius 2 is 1.89 bits per heavy atom. The smallest absolute Gasteiger partial charge is 0.329 e. The SMILES string of the molecule is O=C(O)COC1CCN(CC2CCOCC2)CC1. The van der Waals surface area contributed by atoms with Crippen molar-refractivity contribution >= 4 is 5.97 Å². The van der Waals surface area contributed by atoms with E-state index >= 15 is 0 Å². The highest BCUT2D eigenvalue weighted by molar-refractivity contribution is 5.68. The monoisotopic (exact) mass is 257 g/mol. The van der Waals surface area contributed by atoms with E-state index in [0.717, 1.165) is 51.6 Å². The van der Waals surface area contributed by atoms with Gasteiger partial charge in [-0.15, -0.1) is 0 Å². The van der Waals surface area contributed by atoms with E-state index < -0.39 is 5.97 Å². The molecule has 5 nitrogen and oxygen atoms in total. The maximum atomic E-state index is 10.4. The Labute approximate surface area is 108 Å². The summed E-state index contributed by atoms with van der Waals surface area (Å²) in [6, 6.07) is 0. The lowest BCUT2D eigenvalue weighted by atomic mass is 9.98. The first kappa shape index (κ1) is 13.8. The summed E-state index contributed by atoms with van der Waals surface area (Å²) in [7, 11) is 0. The summed E-state index contributed by atoms with van der Waals surface area (Å²) in [5.41, 5.74) is 0. The number of hydrogen-bond donors (Lipinski definition) is 1. The van der Waals surface area contributed by atoms with Gasteiger partial charge in [-0.1, -0.05) is 0 Å². The van der Waals surface area contributed by atoms with Crippen LogP contribution >= 0.6 is 0 Å². The molecule has 0 aliphatic carbocycles. The summed E-state index contributed by atoms with van der Waals surface area (Å²) in [4.78, 5) is 12.9. The number of carbonyl (C=O) groups is 1. The first-order valence-electron chi connectivity index (χ1n) is 6.87. The highest BCUT2D eigenvalue weighted by Crippen LogP contribution is 2.20. The molecule has 104 valence electrons. The molecule has 0 aromatic rings. The molecule has 0 radical (unpaired) electrons. The third-order valence-corrected chi connectivity index (χ3v) is 3.83. The molecular weight excluding hydrogens is 234 g/mol. The normalized spacial score (nSPS) is 24.2. The quantitative estimate of drug-likeness (QED) is 0.795.